The Hall–Kier alpha value is -2.10. The Morgan fingerprint density at radius 1 is 1.33 bits per heavy atom. The molecule has 0 spiro atoms. The molecule has 0 bridgehead atoms. The van der Waals surface area contributed by atoms with Crippen molar-refractivity contribution in [2.45, 2.75) is 6.42 Å². The molecule has 4 heteroatoms. The molecule has 74 valence electrons. The van der Waals surface area contributed by atoms with Crippen LogP contribution >= 0.6 is 0 Å². The number of benzene rings is 1. The van der Waals surface area contributed by atoms with Crippen molar-refractivity contribution in [2.24, 2.45) is 0 Å². The van der Waals surface area contributed by atoms with Gasteiger partial charge in [0, 0.05) is 12.4 Å². The van der Waals surface area contributed by atoms with Crippen LogP contribution in [0.25, 0.3) is 5.69 Å². The van der Waals surface area contributed by atoms with E-state index < -0.39 is 0 Å². The number of fused-ring (bicyclic) bond motifs is 3. The molecule has 15 heavy (non-hydrogen) atoms. The van der Waals surface area contributed by atoms with Crippen molar-refractivity contribution in [1.82, 2.24) is 9.55 Å². The Balaban J connectivity index is 2.29. The molecule has 0 saturated carbocycles. The van der Waals surface area contributed by atoms with Crippen LogP contribution in [0.5, 0.6) is 0 Å². The predicted octanol–water partition coefficient (Wildman–Crippen LogP) is 1.37. The molecule has 2 heterocycles. The second kappa shape index (κ2) is 2.95. The lowest BCUT2D eigenvalue weighted by Crippen LogP contribution is -2.13. The predicted molar refractivity (Wildman–Crippen MR) is 55.9 cm³/mol. The fourth-order valence-electron chi connectivity index (χ4n) is 1.81. The molecule has 0 saturated heterocycles. The van der Waals surface area contributed by atoms with Gasteiger partial charge in [0.25, 0.3) is 0 Å². The molecule has 4 nitrogen and oxygen atoms in total. The minimum absolute atomic E-state index is 0.0209. The summed E-state index contributed by atoms with van der Waals surface area (Å²) in [6.07, 6.45) is 3.90. The summed E-state index contributed by atoms with van der Waals surface area (Å²) in [5, 5.41) is 2.86. The number of nitrogens with zero attached hydrogens (tertiary/aromatic N) is 2. The molecule has 3 rings (SSSR count). The first-order valence-electron chi connectivity index (χ1n) is 4.76. The number of anilines is 1. The highest BCUT2D eigenvalue weighted by Crippen LogP contribution is 2.24. The summed E-state index contributed by atoms with van der Waals surface area (Å²) in [6.45, 7) is 0. The van der Waals surface area contributed by atoms with E-state index in [1.165, 1.54) is 0 Å². The van der Waals surface area contributed by atoms with E-state index in [1.54, 1.807) is 6.20 Å². The van der Waals surface area contributed by atoms with Crippen molar-refractivity contribution in [1.29, 1.82) is 0 Å². The van der Waals surface area contributed by atoms with Crippen LogP contribution in [0.3, 0.4) is 0 Å². The van der Waals surface area contributed by atoms with Crippen molar-refractivity contribution in [3.8, 4) is 5.69 Å². The summed E-state index contributed by atoms with van der Waals surface area (Å²) in [7, 11) is 0. The molecule has 0 radical (unpaired) electrons. The number of nitrogens with one attached hydrogen (secondary N) is 1. The molecule has 0 atom stereocenters. The van der Waals surface area contributed by atoms with E-state index in [1.807, 2.05) is 35.0 Å². The highest BCUT2D eigenvalue weighted by Gasteiger charge is 2.17. The molecule has 1 aliphatic rings. The van der Waals surface area contributed by atoms with Gasteiger partial charge in [-0.15, -0.1) is 0 Å². The van der Waals surface area contributed by atoms with E-state index in [-0.39, 0.29) is 5.91 Å². The number of carbonyl (C=O) groups excluding carboxylic acids is 1. The number of hydrogen-bond donors (Lipinski definition) is 1. The molecule has 1 N–H and O–H groups in total. The van der Waals surface area contributed by atoms with Crippen LogP contribution in [0.15, 0.2) is 36.7 Å². The second-order valence-corrected chi connectivity index (χ2v) is 3.46. The Labute approximate surface area is 86.6 Å². The van der Waals surface area contributed by atoms with Gasteiger partial charge in [0.15, 0.2) is 0 Å². The third-order valence-corrected chi connectivity index (χ3v) is 2.47. The molecule has 0 aliphatic carbocycles. The molecular formula is C11H9N3O. The Morgan fingerprint density at radius 3 is 3.13 bits per heavy atom. The summed E-state index contributed by atoms with van der Waals surface area (Å²) in [4.78, 5) is 15.7. The number of rotatable bonds is 0. The van der Waals surface area contributed by atoms with Crippen LogP contribution in [0, 0.1) is 0 Å². The zero-order valence-corrected chi connectivity index (χ0v) is 7.97. The van der Waals surface area contributed by atoms with Crippen LogP contribution in [0.1, 0.15) is 5.82 Å². The minimum atomic E-state index is -0.0209. The van der Waals surface area contributed by atoms with Gasteiger partial charge in [-0.3, -0.25) is 4.79 Å². The number of amides is 1. The van der Waals surface area contributed by atoms with E-state index in [4.69, 9.17) is 0 Å². The van der Waals surface area contributed by atoms with Crippen LogP contribution in [-0.2, 0) is 11.2 Å². The van der Waals surface area contributed by atoms with E-state index >= 15 is 0 Å². The van der Waals surface area contributed by atoms with E-state index in [9.17, 15) is 4.79 Å². The monoisotopic (exact) mass is 199 g/mol. The lowest BCUT2D eigenvalue weighted by atomic mass is 10.2. The normalized spacial score (nSPS) is 13.7. The molecule has 1 aromatic carbocycles. The molecule has 0 fully saturated rings. The van der Waals surface area contributed by atoms with Gasteiger partial charge >= 0.3 is 0 Å². The van der Waals surface area contributed by atoms with E-state index in [0.29, 0.717) is 6.42 Å². The number of para-hydroxylation sites is 2. The van der Waals surface area contributed by atoms with Gasteiger partial charge < -0.3 is 9.88 Å². The third-order valence-electron chi connectivity index (χ3n) is 2.47. The first-order valence-corrected chi connectivity index (χ1v) is 4.76. The summed E-state index contributed by atoms with van der Waals surface area (Å²) in [5.41, 5.74) is 1.80. The molecule has 0 unspecified atom stereocenters. The van der Waals surface area contributed by atoms with Crippen LogP contribution in [0.4, 0.5) is 5.69 Å². The number of carbonyl (C=O) groups is 1. The average Bonchev–Trinajstić information content (AvgIpc) is 2.62. The molecular weight excluding hydrogens is 190 g/mol. The fourth-order valence-corrected chi connectivity index (χ4v) is 1.81. The quantitative estimate of drug-likeness (QED) is 0.696. The summed E-state index contributed by atoms with van der Waals surface area (Å²) in [5.74, 6) is 0.754. The maximum atomic E-state index is 11.5. The molecule has 1 aromatic heterocycles. The molecule has 1 amide bonds. The van der Waals surface area contributed by atoms with Crippen molar-refractivity contribution in [3.63, 3.8) is 0 Å². The topological polar surface area (TPSA) is 46.9 Å². The average molecular weight is 199 g/mol. The maximum Gasteiger partial charge on any atom is 0.232 e. The number of aromatic nitrogens is 2. The van der Waals surface area contributed by atoms with Gasteiger partial charge in [-0.25, -0.2) is 4.98 Å². The Kier molecular flexibility index (Phi) is 1.62. The molecule has 2 aromatic rings. The minimum Gasteiger partial charge on any atom is -0.324 e. The number of imidazole rings is 1. The maximum absolute atomic E-state index is 11.5. The smallest absolute Gasteiger partial charge is 0.232 e. The third kappa shape index (κ3) is 1.22. The van der Waals surface area contributed by atoms with Crippen LogP contribution in [-0.4, -0.2) is 15.5 Å². The van der Waals surface area contributed by atoms with Gasteiger partial charge in [0.2, 0.25) is 5.91 Å². The van der Waals surface area contributed by atoms with Gasteiger partial charge in [-0.1, -0.05) is 12.1 Å². The van der Waals surface area contributed by atoms with E-state index in [2.05, 4.69) is 10.3 Å². The molecule has 1 aliphatic heterocycles. The van der Waals surface area contributed by atoms with Crippen molar-refractivity contribution in [3.05, 3.63) is 42.5 Å². The lowest BCUT2D eigenvalue weighted by Gasteiger charge is -2.07. The first kappa shape index (κ1) is 8.23. The van der Waals surface area contributed by atoms with Crippen molar-refractivity contribution in [2.75, 3.05) is 5.32 Å². The Bertz CT molecular complexity index is 530. The lowest BCUT2D eigenvalue weighted by molar-refractivity contribution is -0.115. The highest BCUT2D eigenvalue weighted by molar-refractivity contribution is 5.95. The summed E-state index contributed by atoms with van der Waals surface area (Å²) in [6, 6.07) is 7.70. The zero-order chi connectivity index (χ0) is 10.3. The highest BCUT2D eigenvalue weighted by atomic mass is 16.1. The van der Waals surface area contributed by atoms with Crippen molar-refractivity contribution < 1.29 is 4.79 Å². The van der Waals surface area contributed by atoms with Gasteiger partial charge in [0.1, 0.15) is 5.82 Å². The largest absolute Gasteiger partial charge is 0.324 e. The Morgan fingerprint density at radius 2 is 2.20 bits per heavy atom. The zero-order valence-electron chi connectivity index (χ0n) is 7.97. The summed E-state index contributed by atoms with van der Waals surface area (Å²) >= 11 is 0. The van der Waals surface area contributed by atoms with E-state index in [0.717, 1.165) is 17.2 Å². The standard InChI is InChI=1S/C11H9N3O/c15-11-7-10-12-5-6-14(10)9-4-2-1-3-8(9)13-11/h1-6H,7H2,(H,13,15). The van der Waals surface area contributed by atoms with Crippen LogP contribution < -0.4 is 5.32 Å². The SMILES string of the molecule is O=C1Cc2nccn2-c2ccccc2N1. The summed E-state index contributed by atoms with van der Waals surface area (Å²) < 4.78 is 1.94. The van der Waals surface area contributed by atoms with Gasteiger partial charge in [0.05, 0.1) is 17.8 Å². The first-order chi connectivity index (χ1) is 7.34. The fraction of sp³-hybridized carbons (Fsp3) is 0.0909. The van der Waals surface area contributed by atoms with Crippen LogP contribution in [0.2, 0.25) is 0 Å². The van der Waals surface area contributed by atoms with Gasteiger partial charge in [-0.05, 0) is 12.1 Å². The number of hydrogen-bond acceptors (Lipinski definition) is 2. The second-order valence-electron chi connectivity index (χ2n) is 3.46. The van der Waals surface area contributed by atoms with Crippen molar-refractivity contribution >= 4 is 11.6 Å². The van der Waals surface area contributed by atoms with Gasteiger partial charge in [-0.2, -0.15) is 0 Å².